The Kier molecular flexibility index (Phi) is 16.5. The number of amides is 4. The van der Waals surface area contributed by atoms with Crippen molar-refractivity contribution in [2.75, 3.05) is 81.8 Å². The number of unbranched alkanes of at least 4 members (excludes halogenated alkanes) is 1. The third-order valence-electron chi connectivity index (χ3n) is 12.2. The summed E-state index contributed by atoms with van der Waals surface area (Å²) in [6.07, 6.45) is 8.39. The number of fused-ring (bicyclic) bond motifs is 2. The van der Waals surface area contributed by atoms with Crippen LogP contribution in [0.25, 0.3) is 0 Å². The number of benzene rings is 2. The van der Waals surface area contributed by atoms with Gasteiger partial charge >= 0.3 is 0 Å². The van der Waals surface area contributed by atoms with Crippen molar-refractivity contribution in [3.63, 3.8) is 0 Å². The number of carbonyl (C=O) groups excluding carboxylic acids is 5. The van der Waals surface area contributed by atoms with Crippen LogP contribution < -0.4 is 25.9 Å². The monoisotopic (exact) mass is 887 g/mol. The highest BCUT2D eigenvalue weighted by Crippen LogP contribution is 2.40. The van der Waals surface area contributed by atoms with Gasteiger partial charge < -0.3 is 30.8 Å². The Morgan fingerprint density at radius 1 is 0.969 bits per heavy atom. The zero-order valence-corrected chi connectivity index (χ0v) is 37.7. The van der Waals surface area contributed by atoms with Crippen molar-refractivity contribution in [2.45, 2.75) is 63.5 Å². The van der Waals surface area contributed by atoms with Crippen LogP contribution in [0.3, 0.4) is 0 Å². The lowest BCUT2D eigenvalue weighted by atomic mass is 9.98. The van der Waals surface area contributed by atoms with E-state index in [9.17, 15) is 29.1 Å². The fourth-order valence-corrected chi connectivity index (χ4v) is 8.56. The number of aliphatic hydroxyl groups is 1. The number of rotatable bonds is 19. The Hall–Kier alpha value is -6.56. The van der Waals surface area contributed by atoms with Crippen LogP contribution >= 0.6 is 0 Å². The number of aryl methyl sites for hydroxylation is 1. The van der Waals surface area contributed by atoms with E-state index in [0.717, 1.165) is 55.3 Å². The number of aldehydes is 1. The third-order valence-corrected chi connectivity index (χ3v) is 12.2. The van der Waals surface area contributed by atoms with Crippen LogP contribution in [0.1, 0.15) is 77.4 Å². The van der Waals surface area contributed by atoms with Gasteiger partial charge in [0.1, 0.15) is 30.2 Å². The SMILES string of the molecule is C=CCN1C(=O)C(=C/N=C)/C(=N\CNc2ccc(N3CCN(CCCCNC)CC3)cc2)N1c1ccc2c(n1)[C@@](O)(CC)CC2.CNC(=O)C(CCC=O)N1C(=O)c2ccccc2C1=O. The first-order chi connectivity index (χ1) is 31.5. The summed E-state index contributed by atoms with van der Waals surface area (Å²) in [6, 6.07) is 17.7. The predicted octanol–water partition coefficient (Wildman–Crippen LogP) is 3.93. The van der Waals surface area contributed by atoms with Gasteiger partial charge in [-0.3, -0.25) is 34.0 Å². The number of likely N-dealkylation sites (N-methyl/N-ethyl adjacent to an activating group) is 1. The van der Waals surface area contributed by atoms with Crippen molar-refractivity contribution in [3.05, 3.63) is 107 Å². The predicted molar refractivity (Wildman–Crippen MR) is 253 cm³/mol. The lowest BCUT2D eigenvalue weighted by molar-refractivity contribution is -0.125. The molecule has 2 fully saturated rings. The highest BCUT2D eigenvalue weighted by Gasteiger charge is 2.44. The molecule has 4 amide bonds. The smallest absolute Gasteiger partial charge is 0.278 e. The molecule has 0 radical (unpaired) electrons. The normalized spacial score (nSPS) is 19.8. The number of hydrogen-bond donors (Lipinski definition) is 4. The van der Waals surface area contributed by atoms with Gasteiger partial charge in [-0.15, -0.1) is 6.58 Å². The van der Waals surface area contributed by atoms with Crippen molar-refractivity contribution in [1.82, 2.24) is 30.4 Å². The number of amidine groups is 1. The summed E-state index contributed by atoms with van der Waals surface area (Å²) >= 11 is 0. The number of nitrogens with one attached hydrogen (secondary N) is 3. The first-order valence-corrected chi connectivity index (χ1v) is 22.3. The van der Waals surface area contributed by atoms with Gasteiger partial charge in [0.25, 0.3) is 17.7 Å². The number of piperazine rings is 1. The van der Waals surface area contributed by atoms with Crippen molar-refractivity contribution < 1.29 is 29.1 Å². The topological polar surface area (TPSA) is 195 Å². The Morgan fingerprint density at radius 3 is 2.29 bits per heavy atom. The largest absolute Gasteiger partial charge is 0.384 e. The van der Waals surface area contributed by atoms with E-state index < -0.39 is 29.4 Å². The van der Waals surface area contributed by atoms with Gasteiger partial charge in [-0.25, -0.2) is 20.0 Å². The maximum absolute atomic E-state index is 13.5. The molecular weight excluding hydrogens is 827 g/mol. The molecule has 2 saturated heterocycles. The van der Waals surface area contributed by atoms with Gasteiger partial charge in [0, 0.05) is 57.2 Å². The second kappa shape index (κ2) is 22.4. The number of aromatic nitrogens is 1. The van der Waals surface area contributed by atoms with Crippen molar-refractivity contribution in [3.8, 4) is 0 Å². The van der Waals surface area contributed by atoms with Gasteiger partial charge in [0.05, 0.1) is 23.4 Å². The summed E-state index contributed by atoms with van der Waals surface area (Å²) in [6.45, 7) is 16.3. The van der Waals surface area contributed by atoms with Gasteiger partial charge in [0.2, 0.25) is 5.91 Å². The molecule has 65 heavy (non-hydrogen) atoms. The van der Waals surface area contributed by atoms with Crippen molar-refractivity contribution >= 4 is 59.7 Å². The van der Waals surface area contributed by atoms with E-state index in [2.05, 4.69) is 68.3 Å². The molecule has 3 aromatic rings. The van der Waals surface area contributed by atoms with Crippen LogP contribution in [0.2, 0.25) is 0 Å². The molecule has 7 rings (SSSR count). The Balaban J connectivity index is 0.000000292. The highest BCUT2D eigenvalue weighted by molar-refractivity contribution is 6.31. The molecule has 4 aliphatic rings. The first-order valence-electron chi connectivity index (χ1n) is 22.3. The van der Waals surface area contributed by atoms with Crippen molar-refractivity contribution in [2.24, 2.45) is 9.98 Å². The maximum Gasteiger partial charge on any atom is 0.278 e. The second-order valence-corrected chi connectivity index (χ2v) is 16.2. The first kappa shape index (κ1) is 47.9. The summed E-state index contributed by atoms with van der Waals surface area (Å²) in [5.41, 5.74) is 3.75. The molecule has 344 valence electrons. The lowest BCUT2D eigenvalue weighted by Crippen LogP contribution is -2.48. The number of hydrogen-bond acceptors (Lipinski definition) is 13. The zero-order chi connectivity index (χ0) is 46.5. The quantitative estimate of drug-likeness (QED) is 0.0339. The van der Waals surface area contributed by atoms with E-state index in [1.54, 1.807) is 35.4 Å². The van der Waals surface area contributed by atoms with Gasteiger partial charge in [-0.05, 0) is 113 Å². The molecule has 4 heterocycles. The van der Waals surface area contributed by atoms with E-state index in [1.165, 1.54) is 43.3 Å². The summed E-state index contributed by atoms with van der Waals surface area (Å²) < 4.78 is 0. The second-order valence-electron chi connectivity index (χ2n) is 16.2. The van der Waals surface area contributed by atoms with Gasteiger partial charge in [-0.2, -0.15) is 0 Å². The van der Waals surface area contributed by atoms with E-state index in [0.29, 0.717) is 42.0 Å². The molecule has 3 aliphatic heterocycles. The van der Waals surface area contributed by atoms with Crippen LogP contribution in [0.15, 0.2) is 95.1 Å². The molecular formula is C48H61N11O6. The minimum absolute atomic E-state index is 0.103. The van der Waals surface area contributed by atoms with Crippen LogP contribution in [0.4, 0.5) is 17.2 Å². The number of anilines is 3. The Bertz CT molecular complexity index is 2260. The van der Waals surface area contributed by atoms with Crippen LogP contribution in [0, 0.1) is 0 Å². The Morgan fingerprint density at radius 2 is 1.68 bits per heavy atom. The fourth-order valence-electron chi connectivity index (χ4n) is 8.56. The lowest BCUT2D eigenvalue weighted by Gasteiger charge is -2.36. The van der Waals surface area contributed by atoms with Crippen LogP contribution in [-0.4, -0.2) is 140 Å². The molecule has 4 N–H and O–H groups in total. The van der Waals surface area contributed by atoms with E-state index in [-0.39, 0.29) is 43.1 Å². The van der Waals surface area contributed by atoms with E-state index in [4.69, 9.17) is 9.98 Å². The molecule has 2 aromatic carbocycles. The molecule has 0 saturated carbocycles. The van der Waals surface area contributed by atoms with Gasteiger partial charge in [-0.1, -0.05) is 31.2 Å². The molecule has 1 unspecified atom stereocenters. The van der Waals surface area contributed by atoms with E-state index in [1.807, 2.05) is 26.1 Å². The summed E-state index contributed by atoms with van der Waals surface area (Å²) in [5, 5.41) is 23.5. The fraction of sp³-hybridized carbons (Fsp3) is 0.417. The van der Waals surface area contributed by atoms with Crippen LogP contribution in [-0.2, 0) is 26.4 Å². The number of pyridine rings is 1. The number of imide groups is 1. The maximum atomic E-state index is 13.5. The average molecular weight is 888 g/mol. The molecule has 17 nitrogen and oxygen atoms in total. The van der Waals surface area contributed by atoms with Gasteiger partial charge in [0.15, 0.2) is 11.7 Å². The molecule has 17 heteroatoms. The third kappa shape index (κ3) is 10.7. The summed E-state index contributed by atoms with van der Waals surface area (Å²) in [4.78, 5) is 79.9. The minimum Gasteiger partial charge on any atom is -0.384 e. The highest BCUT2D eigenvalue weighted by atomic mass is 16.3. The summed E-state index contributed by atoms with van der Waals surface area (Å²) in [5.74, 6) is -0.799. The molecule has 0 spiro atoms. The minimum atomic E-state index is -0.982. The molecule has 1 aromatic heterocycles. The number of carbonyl (C=O) groups is 5. The van der Waals surface area contributed by atoms with E-state index >= 15 is 0 Å². The molecule has 0 bridgehead atoms. The Labute approximate surface area is 380 Å². The van der Waals surface area contributed by atoms with Crippen LogP contribution in [0.5, 0.6) is 0 Å². The molecule has 2 atom stereocenters. The molecule has 1 aliphatic carbocycles. The number of aliphatic imine (C=N–C) groups is 2. The average Bonchev–Trinajstić information content (AvgIpc) is 3.90. The zero-order valence-electron chi connectivity index (χ0n) is 37.7. The van der Waals surface area contributed by atoms with Crippen molar-refractivity contribution in [1.29, 1.82) is 0 Å². The summed E-state index contributed by atoms with van der Waals surface area (Å²) in [7, 11) is 3.43. The standard InChI is InChI=1S/C34H47N9O2.C14H14N2O4/c1-5-18-42-33(44)29(24-36-4)32(43(42)30-14-9-26-15-16-34(45,6-2)31(26)39-30)38-25-37-27-10-12-28(13-11-27)41-22-20-40(21-23-41)19-8-7-17-35-3;1-15-12(18)11(7-4-8-17)16-13(19)9-5-2-3-6-10(9)14(16)20/h5,9-14,24,35,37,45H,1,4,6-8,15-23,25H2,2-3H3;2-3,5-6,8,11H,4,7H2,1H3,(H,15,18)/b29-24+,38-32+;/t34-;/m1./s1. The number of nitrogens with zero attached hydrogens (tertiary/aromatic N) is 8. The number of hydrazine groups is 1.